The molecule has 2 rings (SSSR count). The van der Waals surface area contributed by atoms with E-state index in [1.165, 1.54) is 25.8 Å². The van der Waals surface area contributed by atoms with Gasteiger partial charge in [-0.05, 0) is 50.1 Å². The molecule has 0 bridgehead atoms. The Bertz CT molecular complexity index is 139. The summed E-state index contributed by atoms with van der Waals surface area (Å²) in [6.07, 6.45) is 5.35. The van der Waals surface area contributed by atoms with Gasteiger partial charge in [-0.15, -0.1) is 0 Å². The Hall–Kier alpha value is -0.0800. The van der Waals surface area contributed by atoms with Crippen molar-refractivity contribution in [3.8, 4) is 0 Å². The van der Waals surface area contributed by atoms with Crippen LogP contribution in [-0.2, 0) is 0 Å². The average Bonchev–Trinajstić information content (AvgIpc) is 2.57. The zero-order valence-electron chi connectivity index (χ0n) is 7.63. The minimum Gasteiger partial charge on any atom is -0.396 e. The molecule has 2 N–H and O–H groups in total. The van der Waals surface area contributed by atoms with Crippen LogP contribution in [-0.4, -0.2) is 24.8 Å². The first-order chi connectivity index (χ1) is 5.93. The van der Waals surface area contributed by atoms with E-state index in [-0.39, 0.29) is 0 Å². The van der Waals surface area contributed by atoms with Gasteiger partial charge in [-0.3, -0.25) is 0 Å². The number of fused-ring (bicyclic) bond motifs is 1. The van der Waals surface area contributed by atoms with Gasteiger partial charge in [-0.25, -0.2) is 0 Å². The van der Waals surface area contributed by atoms with Crippen molar-refractivity contribution in [1.29, 1.82) is 0 Å². The van der Waals surface area contributed by atoms with Gasteiger partial charge in [0, 0.05) is 6.61 Å². The zero-order chi connectivity index (χ0) is 8.39. The molecule has 0 radical (unpaired) electrons. The third-order valence-corrected chi connectivity index (χ3v) is 3.48. The van der Waals surface area contributed by atoms with Crippen molar-refractivity contribution in [2.45, 2.75) is 25.7 Å². The van der Waals surface area contributed by atoms with Gasteiger partial charge in [0.2, 0.25) is 0 Å². The van der Waals surface area contributed by atoms with E-state index in [9.17, 15) is 0 Å². The number of nitrogens with one attached hydrogen (secondary N) is 1. The molecule has 2 unspecified atom stereocenters. The van der Waals surface area contributed by atoms with Crippen molar-refractivity contribution in [2.24, 2.45) is 17.8 Å². The fourth-order valence-corrected chi connectivity index (χ4v) is 2.75. The lowest BCUT2D eigenvalue weighted by Crippen LogP contribution is -2.20. The van der Waals surface area contributed by atoms with E-state index in [0.717, 1.165) is 30.7 Å². The Labute approximate surface area is 74.4 Å². The van der Waals surface area contributed by atoms with Crippen molar-refractivity contribution in [3.05, 3.63) is 0 Å². The van der Waals surface area contributed by atoms with E-state index in [4.69, 9.17) is 5.11 Å². The lowest BCUT2D eigenvalue weighted by Gasteiger charge is -2.04. The standard InChI is InChI=1S/C10H19NO/c12-6-2-5-11-7-10-8-3-1-4-9(8)10/h8-12H,1-7H2. The first kappa shape index (κ1) is 8.52. The van der Waals surface area contributed by atoms with Crippen LogP contribution in [0.4, 0.5) is 0 Å². The maximum absolute atomic E-state index is 8.57. The highest BCUT2D eigenvalue weighted by molar-refractivity contribution is 5.01. The molecule has 0 aromatic heterocycles. The normalized spacial score (nSPS) is 38.2. The molecule has 0 saturated heterocycles. The van der Waals surface area contributed by atoms with Crippen LogP contribution in [0.2, 0.25) is 0 Å². The quantitative estimate of drug-likeness (QED) is 0.602. The second-order valence-corrected chi connectivity index (χ2v) is 4.20. The Morgan fingerprint density at radius 1 is 1.25 bits per heavy atom. The summed E-state index contributed by atoms with van der Waals surface area (Å²) in [4.78, 5) is 0. The lowest BCUT2D eigenvalue weighted by atomic mass is 10.1. The Morgan fingerprint density at radius 3 is 2.67 bits per heavy atom. The number of aliphatic hydroxyl groups is 1. The summed E-state index contributed by atoms with van der Waals surface area (Å²) in [6, 6.07) is 0. The van der Waals surface area contributed by atoms with Crippen LogP contribution in [0.3, 0.4) is 0 Å². The molecule has 2 nitrogen and oxygen atoms in total. The maximum atomic E-state index is 8.57. The van der Waals surface area contributed by atoms with Crippen molar-refractivity contribution in [1.82, 2.24) is 5.32 Å². The summed E-state index contributed by atoms with van der Waals surface area (Å²) in [7, 11) is 0. The molecule has 0 aromatic carbocycles. The highest BCUT2D eigenvalue weighted by atomic mass is 16.3. The first-order valence-electron chi connectivity index (χ1n) is 5.25. The molecule has 2 fully saturated rings. The van der Waals surface area contributed by atoms with Crippen LogP contribution in [0.1, 0.15) is 25.7 Å². The monoisotopic (exact) mass is 169 g/mol. The molecule has 12 heavy (non-hydrogen) atoms. The van der Waals surface area contributed by atoms with Crippen LogP contribution in [0.25, 0.3) is 0 Å². The Kier molecular flexibility index (Phi) is 2.66. The summed E-state index contributed by atoms with van der Waals surface area (Å²) in [5.41, 5.74) is 0. The van der Waals surface area contributed by atoms with Crippen LogP contribution in [0.15, 0.2) is 0 Å². The van der Waals surface area contributed by atoms with E-state index >= 15 is 0 Å². The second kappa shape index (κ2) is 3.75. The van der Waals surface area contributed by atoms with Gasteiger partial charge < -0.3 is 10.4 Å². The summed E-state index contributed by atoms with van der Waals surface area (Å²) in [6.45, 7) is 2.52. The largest absolute Gasteiger partial charge is 0.396 e. The summed E-state index contributed by atoms with van der Waals surface area (Å²) >= 11 is 0. The molecular formula is C10H19NO. The molecule has 2 saturated carbocycles. The predicted octanol–water partition coefficient (Wildman–Crippen LogP) is 1.00. The van der Waals surface area contributed by atoms with Gasteiger partial charge in [0.1, 0.15) is 0 Å². The van der Waals surface area contributed by atoms with E-state index in [2.05, 4.69) is 5.32 Å². The number of aliphatic hydroxyl groups excluding tert-OH is 1. The predicted molar refractivity (Wildman–Crippen MR) is 48.9 cm³/mol. The lowest BCUT2D eigenvalue weighted by molar-refractivity contribution is 0.285. The van der Waals surface area contributed by atoms with Crippen molar-refractivity contribution in [2.75, 3.05) is 19.7 Å². The molecule has 2 aliphatic rings. The average molecular weight is 169 g/mol. The van der Waals surface area contributed by atoms with Crippen LogP contribution in [0, 0.1) is 17.8 Å². The van der Waals surface area contributed by atoms with E-state index in [1.54, 1.807) is 0 Å². The zero-order valence-corrected chi connectivity index (χ0v) is 7.63. The van der Waals surface area contributed by atoms with E-state index < -0.39 is 0 Å². The van der Waals surface area contributed by atoms with Gasteiger partial charge in [-0.1, -0.05) is 6.42 Å². The molecule has 2 heteroatoms. The molecule has 0 heterocycles. The first-order valence-corrected chi connectivity index (χ1v) is 5.25. The SMILES string of the molecule is OCCCNCC1C2CCCC21. The maximum Gasteiger partial charge on any atom is 0.0443 e. The van der Waals surface area contributed by atoms with Gasteiger partial charge in [-0.2, -0.15) is 0 Å². The third-order valence-electron chi connectivity index (χ3n) is 3.48. The number of hydrogen-bond acceptors (Lipinski definition) is 2. The minimum atomic E-state index is 0.324. The topological polar surface area (TPSA) is 32.3 Å². The fourth-order valence-electron chi connectivity index (χ4n) is 2.75. The second-order valence-electron chi connectivity index (χ2n) is 4.20. The van der Waals surface area contributed by atoms with Crippen molar-refractivity contribution < 1.29 is 5.11 Å². The number of rotatable bonds is 5. The highest BCUT2D eigenvalue weighted by Gasteiger charge is 2.51. The molecule has 0 amide bonds. The van der Waals surface area contributed by atoms with Crippen molar-refractivity contribution >= 4 is 0 Å². The van der Waals surface area contributed by atoms with Gasteiger partial charge in [0.05, 0.1) is 0 Å². The highest BCUT2D eigenvalue weighted by Crippen LogP contribution is 2.56. The van der Waals surface area contributed by atoms with Crippen molar-refractivity contribution in [3.63, 3.8) is 0 Å². The fraction of sp³-hybridized carbons (Fsp3) is 1.00. The Morgan fingerprint density at radius 2 is 2.00 bits per heavy atom. The van der Waals surface area contributed by atoms with Gasteiger partial charge in [0.15, 0.2) is 0 Å². The minimum absolute atomic E-state index is 0.324. The smallest absolute Gasteiger partial charge is 0.0443 e. The number of hydrogen-bond donors (Lipinski definition) is 2. The molecular weight excluding hydrogens is 150 g/mol. The summed E-state index contributed by atoms with van der Waals surface area (Å²) < 4.78 is 0. The van der Waals surface area contributed by atoms with E-state index in [1.807, 2.05) is 0 Å². The van der Waals surface area contributed by atoms with Crippen LogP contribution < -0.4 is 5.32 Å². The van der Waals surface area contributed by atoms with Gasteiger partial charge in [0.25, 0.3) is 0 Å². The van der Waals surface area contributed by atoms with E-state index in [0.29, 0.717) is 6.61 Å². The molecule has 70 valence electrons. The Balaban J connectivity index is 1.52. The molecule has 0 aliphatic heterocycles. The molecule has 0 spiro atoms. The molecule has 2 aliphatic carbocycles. The summed E-state index contributed by atoms with van der Waals surface area (Å²) in [5.74, 6) is 3.15. The molecule has 0 aromatic rings. The molecule has 2 atom stereocenters. The third kappa shape index (κ3) is 1.64. The van der Waals surface area contributed by atoms with Gasteiger partial charge >= 0.3 is 0 Å². The summed E-state index contributed by atoms with van der Waals surface area (Å²) in [5, 5.41) is 12.0. The van der Waals surface area contributed by atoms with Crippen LogP contribution in [0.5, 0.6) is 0 Å². The van der Waals surface area contributed by atoms with Crippen LogP contribution >= 0.6 is 0 Å².